The summed E-state index contributed by atoms with van der Waals surface area (Å²) >= 11 is 6.21. The SMILES string of the molecule is CC(=O)N1CCC2(CC1)N=C(c1ccccc1)CC(c1cc(Cl)ccc1O)N2. The number of hydrogen-bond donors (Lipinski definition) is 2. The van der Waals surface area contributed by atoms with Crippen molar-refractivity contribution in [3.8, 4) is 5.75 Å². The predicted molar refractivity (Wildman–Crippen MR) is 111 cm³/mol. The van der Waals surface area contributed by atoms with Gasteiger partial charge in [-0.05, 0) is 23.8 Å². The Labute approximate surface area is 170 Å². The minimum atomic E-state index is -0.450. The largest absolute Gasteiger partial charge is 0.508 e. The number of likely N-dealkylation sites (tertiary alicyclic amines) is 1. The zero-order valence-electron chi connectivity index (χ0n) is 15.9. The van der Waals surface area contributed by atoms with Crippen molar-refractivity contribution in [1.82, 2.24) is 10.2 Å². The van der Waals surface area contributed by atoms with Crippen molar-refractivity contribution >= 4 is 23.2 Å². The van der Waals surface area contributed by atoms with E-state index < -0.39 is 5.66 Å². The third kappa shape index (κ3) is 3.77. The molecule has 28 heavy (non-hydrogen) atoms. The van der Waals surface area contributed by atoms with Gasteiger partial charge in [0.25, 0.3) is 0 Å². The summed E-state index contributed by atoms with van der Waals surface area (Å²) in [5, 5.41) is 14.7. The fourth-order valence-electron chi connectivity index (χ4n) is 4.16. The molecule has 4 rings (SSSR count). The van der Waals surface area contributed by atoms with Gasteiger partial charge >= 0.3 is 0 Å². The molecule has 0 saturated carbocycles. The van der Waals surface area contributed by atoms with Crippen LogP contribution in [-0.4, -0.2) is 40.4 Å². The summed E-state index contributed by atoms with van der Waals surface area (Å²) in [6.07, 6.45) is 2.14. The maximum absolute atomic E-state index is 11.7. The summed E-state index contributed by atoms with van der Waals surface area (Å²) in [7, 11) is 0. The standard InChI is InChI=1S/C22H24ClN3O2/c1-15(27)26-11-9-22(10-12-26)24-19(16-5-3-2-4-6-16)14-20(25-22)18-13-17(23)7-8-21(18)28/h2-8,13,20,25,28H,9-12,14H2,1H3. The highest BCUT2D eigenvalue weighted by atomic mass is 35.5. The van der Waals surface area contributed by atoms with Crippen LogP contribution in [0.3, 0.4) is 0 Å². The molecule has 5 nitrogen and oxygen atoms in total. The summed E-state index contributed by atoms with van der Waals surface area (Å²) in [6, 6.07) is 15.2. The summed E-state index contributed by atoms with van der Waals surface area (Å²) in [6.45, 7) is 2.95. The number of hydrogen-bond acceptors (Lipinski definition) is 4. The van der Waals surface area contributed by atoms with Crippen LogP contribution < -0.4 is 5.32 Å². The normalized spacial score (nSPS) is 21.4. The molecule has 0 radical (unpaired) electrons. The average Bonchev–Trinajstić information content (AvgIpc) is 2.70. The Bertz CT molecular complexity index is 905. The van der Waals surface area contributed by atoms with Crippen molar-refractivity contribution in [3.63, 3.8) is 0 Å². The Kier molecular flexibility index (Phi) is 5.13. The molecule has 1 fully saturated rings. The first-order valence-corrected chi connectivity index (χ1v) is 9.99. The number of benzene rings is 2. The summed E-state index contributed by atoms with van der Waals surface area (Å²) in [5.41, 5.74) is 2.43. The fourth-order valence-corrected chi connectivity index (χ4v) is 4.34. The number of carbonyl (C=O) groups is 1. The van der Waals surface area contributed by atoms with Crippen LogP contribution in [0.2, 0.25) is 5.02 Å². The Morgan fingerprint density at radius 2 is 1.93 bits per heavy atom. The second kappa shape index (κ2) is 7.57. The molecule has 0 aliphatic carbocycles. The van der Waals surface area contributed by atoms with Gasteiger partial charge in [0.15, 0.2) is 0 Å². The monoisotopic (exact) mass is 397 g/mol. The van der Waals surface area contributed by atoms with E-state index in [1.54, 1.807) is 19.1 Å². The van der Waals surface area contributed by atoms with Crippen LogP contribution in [-0.2, 0) is 4.79 Å². The number of amides is 1. The second-order valence-electron chi connectivity index (χ2n) is 7.57. The molecule has 1 atom stereocenters. The maximum Gasteiger partial charge on any atom is 0.219 e. The zero-order chi connectivity index (χ0) is 19.7. The molecule has 6 heteroatoms. The Balaban J connectivity index is 1.71. The van der Waals surface area contributed by atoms with E-state index >= 15 is 0 Å². The molecule has 0 aromatic heterocycles. The van der Waals surface area contributed by atoms with Gasteiger partial charge < -0.3 is 10.0 Å². The lowest BCUT2D eigenvalue weighted by atomic mass is 9.87. The van der Waals surface area contributed by atoms with E-state index in [1.165, 1.54) is 0 Å². The van der Waals surface area contributed by atoms with Gasteiger partial charge in [-0.2, -0.15) is 0 Å². The second-order valence-corrected chi connectivity index (χ2v) is 8.00. The first-order chi connectivity index (χ1) is 13.5. The van der Waals surface area contributed by atoms with Crippen LogP contribution in [0.25, 0.3) is 0 Å². The van der Waals surface area contributed by atoms with E-state index in [0.717, 1.165) is 29.7 Å². The van der Waals surface area contributed by atoms with Crippen molar-refractivity contribution in [1.29, 1.82) is 0 Å². The summed E-state index contributed by atoms with van der Waals surface area (Å²) in [4.78, 5) is 18.7. The lowest BCUT2D eigenvalue weighted by Crippen LogP contribution is -2.56. The third-order valence-corrected chi connectivity index (χ3v) is 5.93. The highest BCUT2D eigenvalue weighted by Crippen LogP contribution is 2.38. The molecule has 2 aliphatic rings. The smallest absolute Gasteiger partial charge is 0.219 e. The lowest BCUT2D eigenvalue weighted by Gasteiger charge is -2.45. The number of aliphatic imine (C=N–C) groups is 1. The molecular weight excluding hydrogens is 374 g/mol. The number of phenols is 1. The maximum atomic E-state index is 11.7. The van der Waals surface area contributed by atoms with Crippen molar-refractivity contribution in [2.45, 2.75) is 37.9 Å². The number of nitrogens with one attached hydrogen (secondary N) is 1. The van der Waals surface area contributed by atoms with Crippen LogP contribution in [0.15, 0.2) is 53.5 Å². The number of piperidine rings is 1. The quantitative estimate of drug-likeness (QED) is 0.807. The van der Waals surface area contributed by atoms with E-state index in [-0.39, 0.29) is 17.7 Å². The molecule has 1 saturated heterocycles. The van der Waals surface area contributed by atoms with Crippen LogP contribution in [0.1, 0.15) is 43.4 Å². The molecule has 2 N–H and O–H groups in total. The molecule has 1 spiro atoms. The molecule has 2 aliphatic heterocycles. The summed E-state index contributed by atoms with van der Waals surface area (Å²) < 4.78 is 0. The zero-order valence-corrected chi connectivity index (χ0v) is 16.6. The number of rotatable bonds is 2. The van der Waals surface area contributed by atoms with Gasteiger partial charge in [-0.15, -0.1) is 0 Å². The molecule has 2 heterocycles. The van der Waals surface area contributed by atoms with E-state index in [4.69, 9.17) is 16.6 Å². The lowest BCUT2D eigenvalue weighted by molar-refractivity contribution is -0.130. The summed E-state index contributed by atoms with van der Waals surface area (Å²) in [5.74, 6) is 0.328. The first-order valence-electron chi connectivity index (χ1n) is 9.61. The predicted octanol–water partition coefficient (Wildman–Crippen LogP) is 3.91. The minimum Gasteiger partial charge on any atom is -0.508 e. The highest BCUT2D eigenvalue weighted by Gasteiger charge is 2.41. The number of nitrogens with zero attached hydrogens (tertiary/aromatic N) is 2. The fraction of sp³-hybridized carbons (Fsp3) is 0.364. The van der Waals surface area contributed by atoms with Gasteiger partial charge in [-0.1, -0.05) is 41.9 Å². The van der Waals surface area contributed by atoms with Gasteiger partial charge in [0.2, 0.25) is 5.91 Å². The number of carbonyl (C=O) groups excluding carboxylic acids is 1. The van der Waals surface area contributed by atoms with Crippen molar-refractivity contribution < 1.29 is 9.90 Å². The van der Waals surface area contributed by atoms with Gasteiger partial charge in [0.05, 0.1) is 0 Å². The number of halogens is 1. The molecule has 1 amide bonds. The van der Waals surface area contributed by atoms with E-state index in [2.05, 4.69) is 17.4 Å². The van der Waals surface area contributed by atoms with E-state index in [9.17, 15) is 9.90 Å². The van der Waals surface area contributed by atoms with Gasteiger partial charge in [0.1, 0.15) is 11.4 Å². The van der Waals surface area contributed by atoms with E-state index in [1.807, 2.05) is 29.2 Å². The third-order valence-electron chi connectivity index (χ3n) is 5.70. The topological polar surface area (TPSA) is 64.9 Å². The van der Waals surface area contributed by atoms with E-state index in [0.29, 0.717) is 24.5 Å². The molecular formula is C22H24ClN3O2. The Morgan fingerprint density at radius 3 is 2.61 bits per heavy atom. The first kappa shape index (κ1) is 19.0. The Hall–Kier alpha value is -2.37. The molecule has 0 bridgehead atoms. The van der Waals surface area contributed by atoms with Crippen molar-refractivity contribution in [3.05, 3.63) is 64.7 Å². The molecule has 1 unspecified atom stereocenters. The van der Waals surface area contributed by atoms with Gasteiger partial charge in [-0.3, -0.25) is 15.1 Å². The minimum absolute atomic E-state index is 0.0990. The van der Waals surface area contributed by atoms with Crippen molar-refractivity contribution in [2.24, 2.45) is 4.99 Å². The van der Waals surface area contributed by atoms with Crippen LogP contribution in [0.5, 0.6) is 5.75 Å². The van der Waals surface area contributed by atoms with Crippen LogP contribution in [0.4, 0.5) is 0 Å². The molecule has 2 aromatic carbocycles. The average molecular weight is 398 g/mol. The number of phenolic OH excluding ortho intramolecular Hbond substituents is 1. The van der Waals surface area contributed by atoms with Gasteiger partial charge in [0, 0.05) is 61.6 Å². The Morgan fingerprint density at radius 1 is 1.21 bits per heavy atom. The van der Waals surface area contributed by atoms with Crippen molar-refractivity contribution in [2.75, 3.05) is 13.1 Å². The van der Waals surface area contributed by atoms with Crippen LogP contribution >= 0.6 is 11.6 Å². The number of aromatic hydroxyl groups is 1. The molecule has 2 aromatic rings. The molecule has 146 valence electrons. The van der Waals surface area contributed by atoms with Crippen LogP contribution in [0, 0.1) is 0 Å². The highest BCUT2D eigenvalue weighted by molar-refractivity contribution is 6.30. The van der Waals surface area contributed by atoms with Gasteiger partial charge in [-0.25, -0.2) is 0 Å².